The number of carboxylic acid groups (broad SMARTS) is 1. The minimum atomic E-state index is -1.91. The Hall–Kier alpha value is -2.72. The van der Waals surface area contributed by atoms with Crippen LogP contribution >= 0.6 is 0 Å². The highest BCUT2D eigenvalue weighted by molar-refractivity contribution is 5.87. The molecule has 1 saturated heterocycles. The molecule has 0 saturated carbocycles. The summed E-state index contributed by atoms with van der Waals surface area (Å²) in [6.07, 6.45) is -9.03. The third-order valence-corrected chi connectivity index (χ3v) is 4.98. The SMILES string of the molecule is COc1ccc2cc([C@H](C)C(=O)OC3C(C(=O)O)OC(O)C(O)C3O)ccc2c1. The van der Waals surface area contributed by atoms with Crippen LogP contribution in [0.15, 0.2) is 36.4 Å². The first kappa shape index (κ1) is 21.0. The molecule has 5 unspecified atom stereocenters. The third-order valence-electron chi connectivity index (χ3n) is 4.98. The number of benzene rings is 2. The minimum Gasteiger partial charge on any atom is -0.497 e. The molecule has 1 aliphatic heterocycles. The number of carbonyl (C=O) groups is 2. The van der Waals surface area contributed by atoms with Crippen LogP contribution in [0.25, 0.3) is 10.8 Å². The molecule has 2 aromatic rings. The highest BCUT2D eigenvalue weighted by atomic mass is 16.7. The standard InChI is InChI=1S/C20H22O9/c1-9(10-3-4-12-8-13(27-2)6-5-11(12)7-10)19(25)28-16-14(21)15(22)20(26)29-17(16)18(23)24/h3-9,14-17,20-22,26H,1-2H3,(H,23,24)/t9-,14?,15?,16?,17?,20?/m0/s1. The molecule has 2 aromatic carbocycles. The van der Waals surface area contributed by atoms with Crippen LogP contribution in [0.2, 0.25) is 0 Å². The van der Waals surface area contributed by atoms with Gasteiger partial charge in [-0.05, 0) is 35.4 Å². The molecule has 156 valence electrons. The summed E-state index contributed by atoms with van der Waals surface area (Å²) in [6.45, 7) is 1.57. The van der Waals surface area contributed by atoms with Crippen LogP contribution in [0.4, 0.5) is 0 Å². The number of carboxylic acids is 1. The molecule has 0 spiro atoms. The van der Waals surface area contributed by atoms with E-state index in [2.05, 4.69) is 0 Å². The van der Waals surface area contributed by atoms with Gasteiger partial charge in [-0.1, -0.05) is 24.3 Å². The highest BCUT2D eigenvalue weighted by Gasteiger charge is 2.49. The largest absolute Gasteiger partial charge is 0.497 e. The van der Waals surface area contributed by atoms with Crippen molar-refractivity contribution < 1.29 is 44.2 Å². The highest BCUT2D eigenvalue weighted by Crippen LogP contribution is 2.28. The van der Waals surface area contributed by atoms with E-state index < -0.39 is 48.6 Å². The summed E-state index contributed by atoms with van der Waals surface area (Å²) in [5.74, 6) is -2.43. The summed E-state index contributed by atoms with van der Waals surface area (Å²) >= 11 is 0. The number of hydrogen-bond acceptors (Lipinski definition) is 8. The second-order valence-corrected chi connectivity index (χ2v) is 6.86. The maximum absolute atomic E-state index is 12.6. The van der Waals surface area contributed by atoms with Crippen LogP contribution in [-0.2, 0) is 19.1 Å². The number of aliphatic hydroxyl groups excluding tert-OH is 3. The second kappa shape index (κ2) is 8.34. The average molecular weight is 406 g/mol. The molecule has 0 radical (unpaired) electrons. The van der Waals surface area contributed by atoms with Crippen LogP contribution in [0.1, 0.15) is 18.4 Å². The van der Waals surface area contributed by atoms with Gasteiger partial charge in [-0.25, -0.2) is 4.79 Å². The van der Waals surface area contributed by atoms with E-state index in [4.69, 9.17) is 14.2 Å². The Bertz CT molecular complexity index is 912. The lowest BCUT2D eigenvalue weighted by Crippen LogP contribution is -2.61. The first-order valence-electron chi connectivity index (χ1n) is 8.93. The predicted molar refractivity (Wildman–Crippen MR) is 99.3 cm³/mol. The van der Waals surface area contributed by atoms with E-state index in [0.29, 0.717) is 11.3 Å². The summed E-state index contributed by atoms with van der Waals surface area (Å²) in [5.41, 5.74) is 0.617. The first-order valence-corrected chi connectivity index (χ1v) is 8.93. The lowest BCUT2D eigenvalue weighted by Gasteiger charge is -2.38. The van der Waals surface area contributed by atoms with Crippen molar-refractivity contribution in [2.45, 2.75) is 43.5 Å². The normalized spacial score (nSPS) is 28.0. The Balaban J connectivity index is 1.80. The van der Waals surface area contributed by atoms with Crippen LogP contribution in [-0.4, -0.2) is 70.2 Å². The summed E-state index contributed by atoms with van der Waals surface area (Å²) in [6, 6.07) is 10.8. The Kier molecular flexibility index (Phi) is 6.04. The fourth-order valence-corrected chi connectivity index (χ4v) is 3.19. The van der Waals surface area contributed by atoms with Crippen molar-refractivity contribution >= 4 is 22.7 Å². The summed E-state index contributed by atoms with van der Waals surface area (Å²) < 4.78 is 15.1. The number of esters is 1. The van der Waals surface area contributed by atoms with E-state index in [9.17, 15) is 30.0 Å². The Morgan fingerprint density at radius 1 is 1.03 bits per heavy atom. The maximum atomic E-state index is 12.6. The van der Waals surface area contributed by atoms with Gasteiger partial charge in [0, 0.05) is 0 Å². The molecule has 29 heavy (non-hydrogen) atoms. The Morgan fingerprint density at radius 3 is 2.34 bits per heavy atom. The van der Waals surface area contributed by atoms with E-state index in [0.717, 1.165) is 10.8 Å². The maximum Gasteiger partial charge on any atom is 0.336 e. The summed E-state index contributed by atoms with van der Waals surface area (Å²) in [4.78, 5) is 24.0. The molecular weight excluding hydrogens is 384 g/mol. The van der Waals surface area contributed by atoms with Crippen molar-refractivity contribution in [3.05, 3.63) is 42.0 Å². The van der Waals surface area contributed by atoms with Gasteiger partial charge < -0.3 is 34.6 Å². The number of aliphatic hydroxyl groups is 3. The number of aliphatic carboxylic acids is 1. The van der Waals surface area contributed by atoms with Crippen molar-refractivity contribution in [1.29, 1.82) is 0 Å². The van der Waals surface area contributed by atoms with Gasteiger partial charge in [0.2, 0.25) is 0 Å². The lowest BCUT2D eigenvalue weighted by atomic mass is 9.96. The molecule has 4 N–H and O–H groups in total. The fourth-order valence-electron chi connectivity index (χ4n) is 3.19. The quantitative estimate of drug-likeness (QED) is 0.518. The number of methoxy groups -OCH3 is 1. The van der Waals surface area contributed by atoms with Crippen LogP contribution in [0.3, 0.4) is 0 Å². The number of carbonyl (C=O) groups excluding carboxylic acids is 1. The molecule has 0 aromatic heterocycles. The van der Waals surface area contributed by atoms with Gasteiger partial charge in [0.1, 0.15) is 18.0 Å². The summed E-state index contributed by atoms with van der Waals surface area (Å²) in [5, 5.41) is 40.3. The van der Waals surface area contributed by atoms with E-state index >= 15 is 0 Å². The molecule has 6 atom stereocenters. The van der Waals surface area contributed by atoms with Gasteiger partial charge in [-0.3, -0.25) is 4.79 Å². The van der Waals surface area contributed by atoms with Crippen molar-refractivity contribution in [2.24, 2.45) is 0 Å². The molecule has 9 heteroatoms. The van der Waals surface area contributed by atoms with E-state index in [1.54, 1.807) is 32.2 Å². The Labute approximate surface area is 166 Å². The average Bonchev–Trinajstić information content (AvgIpc) is 2.72. The van der Waals surface area contributed by atoms with Crippen molar-refractivity contribution in [3.63, 3.8) is 0 Å². The molecule has 3 rings (SSSR count). The van der Waals surface area contributed by atoms with Gasteiger partial charge >= 0.3 is 11.9 Å². The number of rotatable bonds is 5. The van der Waals surface area contributed by atoms with Crippen molar-refractivity contribution in [3.8, 4) is 5.75 Å². The summed E-state index contributed by atoms with van der Waals surface area (Å²) in [7, 11) is 1.57. The van der Waals surface area contributed by atoms with Gasteiger partial charge in [-0.15, -0.1) is 0 Å². The number of fused-ring (bicyclic) bond motifs is 1. The van der Waals surface area contributed by atoms with E-state index in [1.807, 2.05) is 18.2 Å². The van der Waals surface area contributed by atoms with Crippen molar-refractivity contribution in [2.75, 3.05) is 7.11 Å². The predicted octanol–water partition coefficient (Wildman–Crippen LogP) is 0.387. The van der Waals surface area contributed by atoms with Gasteiger partial charge in [0.25, 0.3) is 0 Å². The molecule has 0 bridgehead atoms. The minimum absolute atomic E-state index is 0.617. The molecular formula is C20H22O9. The Morgan fingerprint density at radius 2 is 1.69 bits per heavy atom. The molecule has 1 aliphatic rings. The lowest BCUT2D eigenvalue weighted by molar-refractivity contribution is -0.283. The molecule has 1 fully saturated rings. The molecule has 9 nitrogen and oxygen atoms in total. The zero-order chi connectivity index (χ0) is 21.3. The first-order chi connectivity index (χ1) is 13.7. The van der Waals surface area contributed by atoms with Crippen LogP contribution in [0, 0.1) is 0 Å². The topological polar surface area (TPSA) is 143 Å². The smallest absolute Gasteiger partial charge is 0.336 e. The third kappa shape index (κ3) is 4.18. The monoisotopic (exact) mass is 406 g/mol. The molecule has 1 heterocycles. The van der Waals surface area contributed by atoms with Crippen molar-refractivity contribution in [1.82, 2.24) is 0 Å². The fraction of sp³-hybridized carbons (Fsp3) is 0.400. The van der Waals surface area contributed by atoms with Crippen LogP contribution < -0.4 is 4.74 Å². The van der Waals surface area contributed by atoms with E-state index in [1.165, 1.54) is 0 Å². The van der Waals surface area contributed by atoms with Gasteiger partial charge in [-0.2, -0.15) is 0 Å². The van der Waals surface area contributed by atoms with Crippen LogP contribution in [0.5, 0.6) is 5.75 Å². The molecule has 0 aliphatic carbocycles. The zero-order valence-electron chi connectivity index (χ0n) is 15.8. The second-order valence-electron chi connectivity index (χ2n) is 6.86. The van der Waals surface area contributed by atoms with Gasteiger partial charge in [0.15, 0.2) is 18.5 Å². The van der Waals surface area contributed by atoms with E-state index in [-0.39, 0.29) is 0 Å². The zero-order valence-corrected chi connectivity index (χ0v) is 15.8. The number of ether oxygens (including phenoxy) is 3. The van der Waals surface area contributed by atoms with Gasteiger partial charge in [0.05, 0.1) is 13.0 Å². The number of hydrogen-bond donors (Lipinski definition) is 4. The molecule has 0 amide bonds.